The predicted octanol–water partition coefficient (Wildman–Crippen LogP) is 2.19. The zero-order chi connectivity index (χ0) is 21.0. The highest BCUT2D eigenvalue weighted by atomic mass is 16.5. The summed E-state index contributed by atoms with van der Waals surface area (Å²) in [5, 5.41) is 4.40. The van der Waals surface area contributed by atoms with Crippen LogP contribution in [0.25, 0.3) is 11.3 Å². The third-order valence-electron chi connectivity index (χ3n) is 5.25. The first-order valence-electron chi connectivity index (χ1n) is 9.63. The molecule has 3 rings (SSSR count). The van der Waals surface area contributed by atoms with Gasteiger partial charge in [-0.3, -0.25) is 9.59 Å². The molecule has 29 heavy (non-hydrogen) atoms. The fraction of sp³-hybridized carbons (Fsp3) is 0.476. The molecule has 1 aliphatic rings. The molecule has 0 aliphatic carbocycles. The van der Waals surface area contributed by atoms with Crippen molar-refractivity contribution >= 4 is 5.91 Å². The number of carbonyl (C=O) groups excluding carboxylic acids is 1. The van der Waals surface area contributed by atoms with E-state index in [0.717, 1.165) is 25.9 Å². The number of carbonyl (C=O) groups is 1. The maximum Gasteiger partial charge on any atom is 0.267 e. The smallest absolute Gasteiger partial charge is 0.267 e. The van der Waals surface area contributed by atoms with E-state index in [9.17, 15) is 9.59 Å². The van der Waals surface area contributed by atoms with Crippen molar-refractivity contribution in [2.45, 2.75) is 26.3 Å². The van der Waals surface area contributed by atoms with Gasteiger partial charge in [0.25, 0.3) is 5.56 Å². The van der Waals surface area contributed by atoms with Gasteiger partial charge in [-0.15, -0.1) is 0 Å². The average molecular weight is 401 g/mol. The van der Waals surface area contributed by atoms with Crippen LogP contribution >= 0.6 is 0 Å². The lowest BCUT2D eigenvalue weighted by Gasteiger charge is -2.30. The van der Waals surface area contributed by atoms with Crippen molar-refractivity contribution in [1.82, 2.24) is 14.7 Å². The van der Waals surface area contributed by atoms with Gasteiger partial charge in [-0.2, -0.15) is 5.10 Å². The molecular weight excluding hydrogens is 374 g/mol. The third kappa shape index (κ3) is 4.52. The number of methoxy groups -OCH3 is 3. The molecule has 1 fully saturated rings. The number of nitrogens with zero attached hydrogens (tertiary/aromatic N) is 3. The minimum absolute atomic E-state index is 0.0779. The zero-order valence-corrected chi connectivity index (χ0v) is 17.3. The minimum atomic E-state index is -0.320. The van der Waals surface area contributed by atoms with E-state index in [-0.39, 0.29) is 18.0 Å². The lowest BCUT2D eigenvalue weighted by molar-refractivity contribution is -0.133. The number of likely N-dealkylation sites (tertiary alicyclic amines) is 1. The standard InChI is InChI=1S/C21H27N3O5/c1-14-7-9-23(10-8-14)20(26)13-24-19(25)6-5-16(22-24)15-11-17(27-2)21(29-4)18(12-15)28-3/h5-6,11-12,14H,7-10,13H2,1-4H3. The van der Waals surface area contributed by atoms with Gasteiger partial charge in [-0.1, -0.05) is 6.92 Å². The monoisotopic (exact) mass is 401 g/mol. The topological polar surface area (TPSA) is 82.9 Å². The Kier molecular flexibility index (Phi) is 6.41. The van der Waals surface area contributed by atoms with Crippen LogP contribution in [-0.2, 0) is 11.3 Å². The van der Waals surface area contributed by atoms with E-state index in [1.54, 1.807) is 23.1 Å². The van der Waals surface area contributed by atoms with Crippen molar-refractivity contribution in [2.24, 2.45) is 5.92 Å². The van der Waals surface area contributed by atoms with Gasteiger partial charge in [-0.05, 0) is 37.0 Å². The molecule has 1 aromatic heterocycles. The van der Waals surface area contributed by atoms with E-state index >= 15 is 0 Å². The molecule has 1 aliphatic heterocycles. The molecule has 0 bridgehead atoms. The summed E-state index contributed by atoms with van der Waals surface area (Å²) in [6, 6.07) is 6.54. The summed E-state index contributed by atoms with van der Waals surface area (Å²) >= 11 is 0. The molecule has 0 saturated carbocycles. The summed E-state index contributed by atoms with van der Waals surface area (Å²) in [7, 11) is 4.60. The molecule has 0 N–H and O–H groups in total. The summed E-state index contributed by atoms with van der Waals surface area (Å²) in [5.74, 6) is 1.98. The van der Waals surface area contributed by atoms with Crippen LogP contribution in [-0.4, -0.2) is 55.0 Å². The molecule has 0 spiro atoms. The van der Waals surface area contributed by atoms with Gasteiger partial charge < -0.3 is 19.1 Å². The minimum Gasteiger partial charge on any atom is -0.493 e. The zero-order valence-electron chi connectivity index (χ0n) is 17.3. The molecular formula is C21H27N3O5. The number of aromatic nitrogens is 2. The molecule has 0 atom stereocenters. The first-order chi connectivity index (χ1) is 14.0. The van der Waals surface area contributed by atoms with E-state index in [0.29, 0.717) is 34.4 Å². The van der Waals surface area contributed by atoms with Crippen LogP contribution in [0.4, 0.5) is 0 Å². The van der Waals surface area contributed by atoms with Crippen LogP contribution in [0.3, 0.4) is 0 Å². The normalized spacial score (nSPS) is 14.6. The second-order valence-corrected chi connectivity index (χ2v) is 7.19. The third-order valence-corrected chi connectivity index (χ3v) is 5.25. The Bertz CT molecular complexity index is 907. The lowest BCUT2D eigenvalue weighted by atomic mass is 9.99. The van der Waals surface area contributed by atoms with E-state index in [1.807, 2.05) is 0 Å². The van der Waals surface area contributed by atoms with Crippen LogP contribution in [0.2, 0.25) is 0 Å². The second kappa shape index (κ2) is 8.98. The van der Waals surface area contributed by atoms with Crippen molar-refractivity contribution in [1.29, 1.82) is 0 Å². The quantitative estimate of drug-likeness (QED) is 0.738. The predicted molar refractivity (Wildman–Crippen MR) is 109 cm³/mol. The van der Waals surface area contributed by atoms with Crippen LogP contribution in [0.15, 0.2) is 29.1 Å². The van der Waals surface area contributed by atoms with Gasteiger partial charge in [0, 0.05) is 24.7 Å². The van der Waals surface area contributed by atoms with Crippen LogP contribution in [0, 0.1) is 5.92 Å². The number of ether oxygens (including phenoxy) is 3. The van der Waals surface area contributed by atoms with Gasteiger partial charge in [-0.25, -0.2) is 4.68 Å². The Balaban J connectivity index is 1.89. The van der Waals surface area contributed by atoms with Crippen molar-refractivity contribution in [3.63, 3.8) is 0 Å². The first kappa shape index (κ1) is 20.7. The summed E-state index contributed by atoms with van der Waals surface area (Å²) in [6.45, 7) is 3.56. The lowest BCUT2D eigenvalue weighted by Crippen LogP contribution is -2.41. The van der Waals surface area contributed by atoms with Crippen LogP contribution in [0.1, 0.15) is 19.8 Å². The van der Waals surface area contributed by atoms with Crippen LogP contribution < -0.4 is 19.8 Å². The summed E-state index contributed by atoms with van der Waals surface area (Å²) in [4.78, 5) is 26.7. The van der Waals surface area contributed by atoms with Gasteiger partial charge in [0.2, 0.25) is 11.7 Å². The van der Waals surface area contributed by atoms with E-state index in [2.05, 4.69) is 12.0 Å². The summed E-state index contributed by atoms with van der Waals surface area (Å²) < 4.78 is 17.3. The molecule has 1 saturated heterocycles. The highest BCUT2D eigenvalue weighted by molar-refractivity contribution is 5.76. The van der Waals surface area contributed by atoms with Gasteiger partial charge >= 0.3 is 0 Å². The Labute approximate surface area is 170 Å². The van der Waals surface area contributed by atoms with Crippen molar-refractivity contribution in [3.05, 3.63) is 34.6 Å². The Hall–Kier alpha value is -3.03. The van der Waals surface area contributed by atoms with E-state index < -0.39 is 0 Å². The molecule has 1 aromatic carbocycles. The molecule has 2 aromatic rings. The highest BCUT2D eigenvalue weighted by Gasteiger charge is 2.21. The molecule has 156 valence electrons. The van der Waals surface area contributed by atoms with Crippen LogP contribution in [0.5, 0.6) is 17.2 Å². The molecule has 8 heteroatoms. The van der Waals surface area contributed by atoms with Gasteiger partial charge in [0.1, 0.15) is 6.54 Å². The number of hydrogen-bond donors (Lipinski definition) is 0. The summed E-state index contributed by atoms with van der Waals surface area (Å²) in [6.07, 6.45) is 1.97. The molecule has 8 nitrogen and oxygen atoms in total. The molecule has 2 heterocycles. The van der Waals surface area contributed by atoms with Gasteiger partial charge in [0.15, 0.2) is 11.5 Å². The van der Waals surface area contributed by atoms with Crippen molar-refractivity contribution in [3.8, 4) is 28.5 Å². The Morgan fingerprint density at radius 1 is 1.07 bits per heavy atom. The van der Waals surface area contributed by atoms with Crippen molar-refractivity contribution in [2.75, 3.05) is 34.4 Å². The highest BCUT2D eigenvalue weighted by Crippen LogP contribution is 2.40. The maximum atomic E-state index is 12.6. The second-order valence-electron chi connectivity index (χ2n) is 7.19. The Morgan fingerprint density at radius 2 is 1.69 bits per heavy atom. The Morgan fingerprint density at radius 3 is 2.24 bits per heavy atom. The number of benzene rings is 1. The first-order valence-corrected chi connectivity index (χ1v) is 9.63. The number of amides is 1. The molecule has 0 unspecified atom stereocenters. The maximum absolute atomic E-state index is 12.6. The number of piperidine rings is 1. The van der Waals surface area contributed by atoms with E-state index in [1.165, 1.54) is 32.1 Å². The fourth-order valence-corrected chi connectivity index (χ4v) is 3.43. The average Bonchev–Trinajstić information content (AvgIpc) is 2.74. The largest absolute Gasteiger partial charge is 0.493 e. The fourth-order valence-electron chi connectivity index (χ4n) is 3.43. The summed E-state index contributed by atoms with van der Waals surface area (Å²) in [5.41, 5.74) is 0.899. The number of rotatable bonds is 6. The molecule has 0 radical (unpaired) electrons. The van der Waals surface area contributed by atoms with Crippen molar-refractivity contribution < 1.29 is 19.0 Å². The van der Waals surface area contributed by atoms with Gasteiger partial charge in [0.05, 0.1) is 27.0 Å². The van der Waals surface area contributed by atoms with E-state index in [4.69, 9.17) is 14.2 Å². The number of hydrogen-bond acceptors (Lipinski definition) is 6. The molecule has 1 amide bonds. The SMILES string of the molecule is COc1cc(-c2ccc(=O)n(CC(=O)N3CCC(C)CC3)n2)cc(OC)c1OC.